The molecule has 0 radical (unpaired) electrons. The number of fused-ring (bicyclic) bond motifs is 1. The maximum atomic E-state index is 12.0. The molecular weight excluding hydrogens is 294 g/mol. The van der Waals surface area contributed by atoms with E-state index in [4.69, 9.17) is 9.47 Å². The van der Waals surface area contributed by atoms with E-state index in [2.05, 4.69) is 10.1 Å². The van der Waals surface area contributed by atoms with Crippen molar-refractivity contribution in [2.75, 3.05) is 13.7 Å². The first kappa shape index (κ1) is 15.0. The van der Waals surface area contributed by atoms with Crippen LogP contribution in [0.2, 0.25) is 0 Å². The van der Waals surface area contributed by atoms with Gasteiger partial charge < -0.3 is 9.47 Å². The lowest BCUT2D eigenvalue weighted by molar-refractivity contribution is -0.142. The smallest absolute Gasteiger partial charge is 0.311 e. The van der Waals surface area contributed by atoms with Crippen LogP contribution < -0.4 is 4.74 Å². The van der Waals surface area contributed by atoms with E-state index in [-0.39, 0.29) is 12.4 Å². The van der Waals surface area contributed by atoms with E-state index in [0.29, 0.717) is 23.8 Å². The number of carbonyl (C=O) groups is 1. The second-order valence-corrected chi connectivity index (χ2v) is 4.90. The second-order valence-electron chi connectivity index (χ2n) is 4.90. The molecule has 6 nitrogen and oxygen atoms in total. The van der Waals surface area contributed by atoms with Crippen molar-refractivity contribution < 1.29 is 14.3 Å². The summed E-state index contributed by atoms with van der Waals surface area (Å²) >= 11 is 0. The highest BCUT2D eigenvalue weighted by atomic mass is 16.5. The van der Waals surface area contributed by atoms with Crippen LogP contribution in [0, 0.1) is 0 Å². The number of hydrogen-bond donors (Lipinski definition) is 0. The van der Waals surface area contributed by atoms with Crippen LogP contribution in [0.25, 0.3) is 16.9 Å². The molecule has 0 spiro atoms. The molecule has 0 aliphatic carbocycles. The van der Waals surface area contributed by atoms with E-state index in [1.807, 2.05) is 36.4 Å². The summed E-state index contributed by atoms with van der Waals surface area (Å²) in [5, 5.41) is 4.38. The van der Waals surface area contributed by atoms with Gasteiger partial charge in [-0.25, -0.2) is 9.50 Å². The molecule has 0 atom stereocenters. The highest BCUT2D eigenvalue weighted by molar-refractivity contribution is 5.77. The number of imidazole rings is 1. The predicted molar refractivity (Wildman–Crippen MR) is 85.3 cm³/mol. The van der Waals surface area contributed by atoms with Crippen LogP contribution in [0.15, 0.2) is 42.5 Å². The first-order chi connectivity index (χ1) is 11.2. The fourth-order valence-electron chi connectivity index (χ4n) is 2.41. The SMILES string of the molecule is CCOC(=O)Cc1c(-c2ccccc2)nc2ccc(OC)nn12. The Hall–Kier alpha value is -2.89. The van der Waals surface area contributed by atoms with Gasteiger partial charge in [-0.1, -0.05) is 30.3 Å². The summed E-state index contributed by atoms with van der Waals surface area (Å²) in [6.45, 7) is 2.12. The second kappa shape index (κ2) is 6.48. The van der Waals surface area contributed by atoms with Crippen LogP contribution in [0.3, 0.4) is 0 Å². The number of rotatable bonds is 5. The van der Waals surface area contributed by atoms with Crippen LogP contribution in [-0.4, -0.2) is 34.3 Å². The van der Waals surface area contributed by atoms with Crippen molar-refractivity contribution in [3.05, 3.63) is 48.2 Å². The topological polar surface area (TPSA) is 65.7 Å². The molecular formula is C17H17N3O3. The number of benzene rings is 1. The van der Waals surface area contributed by atoms with Crippen LogP contribution >= 0.6 is 0 Å². The van der Waals surface area contributed by atoms with Crippen LogP contribution in [0.4, 0.5) is 0 Å². The number of aromatic nitrogens is 3. The summed E-state index contributed by atoms with van der Waals surface area (Å²) in [7, 11) is 1.55. The van der Waals surface area contributed by atoms with Gasteiger partial charge >= 0.3 is 5.97 Å². The van der Waals surface area contributed by atoms with Gasteiger partial charge in [0.15, 0.2) is 5.65 Å². The Morgan fingerprint density at radius 1 is 1.17 bits per heavy atom. The van der Waals surface area contributed by atoms with E-state index >= 15 is 0 Å². The van der Waals surface area contributed by atoms with E-state index in [1.165, 1.54) is 0 Å². The lowest BCUT2D eigenvalue weighted by Crippen LogP contribution is -2.11. The third-order valence-electron chi connectivity index (χ3n) is 3.42. The van der Waals surface area contributed by atoms with Crippen molar-refractivity contribution in [3.63, 3.8) is 0 Å². The molecule has 0 N–H and O–H groups in total. The molecule has 0 bridgehead atoms. The molecule has 0 aliphatic rings. The highest BCUT2D eigenvalue weighted by Crippen LogP contribution is 2.25. The molecule has 23 heavy (non-hydrogen) atoms. The Labute approximate surface area is 133 Å². The fraction of sp³-hybridized carbons (Fsp3) is 0.235. The zero-order valence-corrected chi connectivity index (χ0v) is 13.0. The third-order valence-corrected chi connectivity index (χ3v) is 3.42. The van der Waals surface area contributed by atoms with Gasteiger partial charge in [-0.3, -0.25) is 4.79 Å². The van der Waals surface area contributed by atoms with Gasteiger partial charge in [-0.05, 0) is 13.0 Å². The van der Waals surface area contributed by atoms with Gasteiger partial charge in [-0.2, -0.15) is 0 Å². The number of methoxy groups -OCH3 is 1. The van der Waals surface area contributed by atoms with Crippen molar-refractivity contribution >= 4 is 11.6 Å². The molecule has 118 valence electrons. The molecule has 2 heterocycles. The third kappa shape index (κ3) is 3.01. The molecule has 3 rings (SSSR count). The monoisotopic (exact) mass is 311 g/mol. The highest BCUT2D eigenvalue weighted by Gasteiger charge is 2.19. The first-order valence-corrected chi connectivity index (χ1v) is 7.36. The van der Waals surface area contributed by atoms with Crippen molar-refractivity contribution in [2.45, 2.75) is 13.3 Å². The quantitative estimate of drug-likeness (QED) is 0.677. The Bertz CT molecular complexity index is 828. The van der Waals surface area contributed by atoms with Gasteiger partial charge in [0.2, 0.25) is 5.88 Å². The zero-order chi connectivity index (χ0) is 16.2. The Morgan fingerprint density at radius 3 is 2.65 bits per heavy atom. The molecule has 1 aromatic carbocycles. The summed E-state index contributed by atoms with van der Waals surface area (Å²) in [6, 6.07) is 13.3. The van der Waals surface area contributed by atoms with E-state index in [1.54, 1.807) is 24.6 Å². The summed E-state index contributed by atoms with van der Waals surface area (Å²) in [6.07, 6.45) is 0.0966. The Morgan fingerprint density at radius 2 is 1.96 bits per heavy atom. The zero-order valence-electron chi connectivity index (χ0n) is 13.0. The van der Waals surface area contributed by atoms with Gasteiger partial charge in [0, 0.05) is 11.6 Å². The maximum Gasteiger partial charge on any atom is 0.311 e. The molecule has 0 aliphatic heterocycles. The van der Waals surface area contributed by atoms with Gasteiger partial charge in [-0.15, -0.1) is 5.10 Å². The molecule has 2 aromatic heterocycles. The average Bonchev–Trinajstić information content (AvgIpc) is 2.93. The number of hydrogen-bond acceptors (Lipinski definition) is 5. The number of ether oxygens (including phenoxy) is 2. The summed E-state index contributed by atoms with van der Waals surface area (Å²) in [5.41, 5.74) is 2.99. The fourth-order valence-corrected chi connectivity index (χ4v) is 2.41. The Balaban J connectivity index is 2.16. The van der Waals surface area contributed by atoms with Crippen molar-refractivity contribution in [3.8, 4) is 17.1 Å². The minimum atomic E-state index is -0.309. The van der Waals surface area contributed by atoms with Gasteiger partial charge in [0.05, 0.1) is 31.5 Å². The molecule has 3 aromatic rings. The van der Waals surface area contributed by atoms with E-state index < -0.39 is 0 Å². The predicted octanol–water partition coefficient (Wildman–Crippen LogP) is 2.51. The Kier molecular flexibility index (Phi) is 4.23. The van der Waals surface area contributed by atoms with E-state index in [0.717, 1.165) is 11.3 Å². The van der Waals surface area contributed by atoms with Gasteiger partial charge in [0.1, 0.15) is 0 Å². The molecule has 0 amide bonds. The average molecular weight is 311 g/mol. The molecule has 0 unspecified atom stereocenters. The summed E-state index contributed by atoms with van der Waals surface area (Å²) in [4.78, 5) is 16.6. The summed E-state index contributed by atoms with van der Waals surface area (Å²) < 4.78 is 11.9. The van der Waals surface area contributed by atoms with Gasteiger partial charge in [0.25, 0.3) is 0 Å². The molecule has 6 heteroatoms. The largest absolute Gasteiger partial charge is 0.480 e. The van der Waals surface area contributed by atoms with Crippen LogP contribution in [-0.2, 0) is 16.0 Å². The lowest BCUT2D eigenvalue weighted by atomic mass is 10.1. The molecule has 0 saturated carbocycles. The van der Waals surface area contributed by atoms with Crippen LogP contribution in [0.1, 0.15) is 12.6 Å². The molecule has 0 saturated heterocycles. The van der Waals surface area contributed by atoms with Crippen molar-refractivity contribution in [1.29, 1.82) is 0 Å². The normalized spacial score (nSPS) is 10.7. The number of carbonyl (C=O) groups excluding carboxylic acids is 1. The lowest BCUT2D eigenvalue weighted by Gasteiger charge is -2.05. The number of nitrogens with zero attached hydrogens (tertiary/aromatic N) is 3. The standard InChI is InChI=1S/C17H17N3O3/c1-3-23-16(21)11-13-17(12-7-5-4-6-8-12)18-14-9-10-15(22-2)19-20(13)14/h4-10H,3,11H2,1-2H3. The van der Waals surface area contributed by atoms with Crippen LogP contribution in [0.5, 0.6) is 5.88 Å². The first-order valence-electron chi connectivity index (χ1n) is 7.36. The minimum absolute atomic E-state index is 0.0966. The number of esters is 1. The van der Waals surface area contributed by atoms with Crippen molar-refractivity contribution in [1.82, 2.24) is 14.6 Å². The minimum Gasteiger partial charge on any atom is -0.480 e. The van der Waals surface area contributed by atoms with Crippen molar-refractivity contribution in [2.24, 2.45) is 0 Å². The summed E-state index contributed by atoms with van der Waals surface area (Å²) in [5.74, 6) is 0.149. The molecule has 0 fully saturated rings. The van der Waals surface area contributed by atoms with E-state index in [9.17, 15) is 4.79 Å². The maximum absolute atomic E-state index is 12.0.